The first-order valence-electron chi connectivity index (χ1n) is 9.65. The van der Waals surface area contributed by atoms with E-state index >= 15 is 0 Å². The van der Waals surface area contributed by atoms with Gasteiger partial charge in [0.25, 0.3) is 11.6 Å². The third-order valence-electron chi connectivity index (χ3n) is 4.55. The summed E-state index contributed by atoms with van der Waals surface area (Å²) in [6.07, 6.45) is 0. The molecule has 10 heteroatoms. The van der Waals surface area contributed by atoms with Crippen molar-refractivity contribution >= 4 is 33.8 Å². The predicted octanol–water partition coefficient (Wildman–Crippen LogP) is 4.55. The number of aromatic nitrogens is 2. The Morgan fingerprint density at radius 1 is 1.19 bits per heavy atom. The molecule has 0 atom stereocenters. The summed E-state index contributed by atoms with van der Waals surface area (Å²) < 4.78 is 5.00. The van der Waals surface area contributed by atoms with E-state index in [9.17, 15) is 14.9 Å². The van der Waals surface area contributed by atoms with Gasteiger partial charge in [-0.25, -0.2) is 0 Å². The summed E-state index contributed by atoms with van der Waals surface area (Å²) in [6, 6.07) is 12.1. The normalized spacial score (nSPS) is 10.8. The second-order valence-electron chi connectivity index (χ2n) is 7.05. The molecule has 2 aromatic carbocycles. The number of benzene rings is 2. The van der Waals surface area contributed by atoms with Crippen LogP contribution in [0.5, 0.6) is 0 Å². The Kier molecular flexibility index (Phi) is 7.27. The summed E-state index contributed by atoms with van der Waals surface area (Å²) >= 11 is 1.23. The van der Waals surface area contributed by atoms with E-state index < -0.39 is 10.8 Å². The third-order valence-corrected chi connectivity index (χ3v) is 5.44. The average Bonchev–Trinajstić information content (AvgIpc) is 3.22. The molecule has 0 radical (unpaired) electrons. The SMILES string of the molecule is COCCNc1ccc([N+](=O)[O-])cc1C(=O)Nc1nnc(-c2ccc(C(C)C)cc2)s1. The number of nitro groups is 1. The van der Waals surface area contributed by atoms with Gasteiger partial charge in [0.1, 0.15) is 5.01 Å². The van der Waals surface area contributed by atoms with Crippen molar-refractivity contribution in [2.45, 2.75) is 19.8 Å². The highest BCUT2D eigenvalue weighted by molar-refractivity contribution is 7.18. The van der Waals surface area contributed by atoms with Crippen LogP contribution in [-0.2, 0) is 4.74 Å². The zero-order valence-corrected chi connectivity index (χ0v) is 18.2. The van der Waals surface area contributed by atoms with Crippen LogP contribution < -0.4 is 10.6 Å². The lowest BCUT2D eigenvalue weighted by Crippen LogP contribution is -2.16. The first-order valence-corrected chi connectivity index (χ1v) is 10.5. The number of carbonyl (C=O) groups excluding carboxylic acids is 1. The number of hydrogen-bond acceptors (Lipinski definition) is 8. The summed E-state index contributed by atoms with van der Waals surface area (Å²) in [5.41, 5.74) is 2.56. The van der Waals surface area contributed by atoms with Gasteiger partial charge in [-0.15, -0.1) is 10.2 Å². The molecule has 0 aliphatic rings. The maximum atomic E-state index is 12.8. The van der Waals surface area contributed by atoms with Crippen molar-refractivity contribution in [1.29, 1.82) is 0 Å². The number of rotatable bonds is 9. The molecule has 0 spiro atoms. The molecule has 31 heavy (non-hydrogen) atoms. The van der Waals surface area contributed by atoms with Crippen molar-refractivity contribution in [2.75, 3.05) is 30.9 Å². The lowest BCUT2D eigenvalue weighted by Gasteiger charge is -2.11. The minimum atomic E-state index is -0.542. The summed E-state index contributed by atoms with van der Waals surface area (Å²) in [4.78, 5) is 23.4. The molecular weight excluding hydrogens is 418 g/mol. The van der Waals surface area contributed by atoms with Crippen molar-refractivity contribution in [3.05, 3.63) is 63.7 Å². The number of nitrogens with one attached hydrogen (secondary N) is 2. The molecule has 1 amide bonds. The molecule has 3 aromatic rings. The van der Waals surface area contributed by atoms with Gasteiger partial charge in [-0.05, 0) is 17.5 Å². The van der Waals surface area contributed by atoms with Crippen LogP contribution in [0.15, 0.2) is 42.5 Å². The number of nitrogens with zero attached hydrogens (tertiary/aromatic N) is 3. The number of methoxy groups -OCH3 is 1. The van der Waals surface area contributed by atoms with Gasteiger partial charge in [0.2, 0.25) is 5.13 Å². The first-order chi connectivity index (χ1) is 14.9. The first kappa shape index (κ1) is 22.3. The number of hydrogen-bond donors (Lipinski definition) is 2. The molecule has 0 saturated carbocycles. The fourth-order valence-corrected chi connectivity index (χ4v) is 3.59. The lowest BCUT2D eigenvalue weighted by atomic mass is 10.0. The Labute approximate surface area is 183 Å². The van der Waals surface area contributed by atoms with E-state index in [1.807, 2.05) is 24.3 Å². The van der Waals surface area contributed by atoms with Crippen molar-refractivity contribution < 1.29 is 14.5 Å². The van der Waals surface area contributed by atoms with E-state index in [4.69, 9.17) is 4.74 Å². The van der Waals surface area contributed by atoms with Crippen LogP contribution in [-0.4, -0.2) is 41.3 Å². The third kappa shape index (κ3) is 5.62. The molecule has 0 fully saturated rings. The Morgan fingerprint density at radius 3 is 2.58 bits per heavy atom. The van der Waals surface area contributed by atoms with Crippen molar-refractivity contribution in [3.8, 4) is 10.6 Å². The van der Waals surface area contributed by atoms with Crippen LogP contribution in [0.25, 0.3) is 10.6 Å². The summed E-state index contributed by atoms with van der Waals surface area (Å²) in [5.74, 6) is -0.0820. The topological polar surface area (TPSA) is 119 Å². The molecule has 0 saturated heterocycles. The van der Waals surface area contributed by atoms with Gasteiger partial charge in [0.15, 0.2) is 0 Å². The van der Waals surface area contributed by atoms with Crippen LogP contribution in [0, 0.1) is 10.1 Å². The van der Waals surface area contributed by atoms with Crippen LogP contribution in [0.4, 0.5) is 16.5 Å². The highest BCUT2D eigenvalue weighted by atomic mass is 32.1. The standard InChI is InChI=1S/C21H23N5O4S/c1-13(2)14-4-6-15(7-5-14)20-24-25-21(31-20)23-19(27)17-12-16(26(28)29)8-9-18(17)22-10-11-30-3/h4-9,12-13,22H,10-11H2,1-3H3,(H,23,25,27). The maximum absolute atomic E-state index is 12.8. The Morgan fingerprint density at radius 2 is 1.94 bits per heavy atom. The number of anilines is 2. The Bertz CT molecular complexity index is 1070. The number of ether oxygens (including phenoxy) is 1. The fourth-order valence-electron chi connectivity index (χ4n) is 2.84. The van der Waals surface area contributed by atoms with Crippen LogP contribution in [0.2, 0.25) is 0 Å². The molecule has 9 nitrogen and oxygen atoms in total. The number of carbonyl (C=O) groups is 1. The number of amides is 1. The molecule has 0 unspecified atom stereocenters. The number of non-ortho nitro benzene ring substituents is 1. The average molecular weight is 442 g/mol. The van der Waals surface area contributed by atoms with Gasteiger partial charge >= 0.3 is 0 Å². The van der Waals surface area contributed by atoms with Crippen LogP contribution >= 0.6 is 11.3 Å². The minimum Gasteiger partial charge on any atom is -0.383 e. The smallest absolute Gasteiger partial charge is 0.270 e. The van der Waals surface area contributed by atoms with E-state index in [1.54, 1.807) is 7.11 Å². The zero-order chi connectivity index (χ0) is 22.4. The maximum Gasteiger partial charge on any atom is 0.270 e. The molecule has 0 bridgehead atoms. The highest BCUT2D eigenvalue weighted by Crippen LogP contribution is 2.29. The predicted molar refractivity (Wildman–Crippen MR) is 121 cm³/mol. The quantitative estimate of drug-likeness (QED) is 0.284. The van der Waals surface area contributed by atoms with E-state index in [1.165, 1.54) is 35.1 Å². The Hall–Kier alpha value is -3.37. The van der Waals surface area contributed by atoms with Crippen molar-refractivity contribution in [2.24, 2.45) is 0 Å². The molecule has 162 valence electrons. The monoisotopic (exact) mass is 441 g/mol. The largest absolute Gasteiger partial charge is 0.383 e. The fraction of sp³-hybridized carbons (Fsp3) is 0.286. The van der Waals surface area contributed by atoms with Gasteiger partial charge in [-0.1, -0.05) is 49.4 Å². The second kappa shape index (κ2) is 10.1. The van der Waals surface area contributed by atoms with Gasteiger partial charge in [-0.3, -0.25) is 20.2 Å². The van der Waals surface area contributed by atoms with E-state index in [2.05, 4.69) is 34.7 Å². The van der Waals surface area contributed by atoms with E-state index in [0.717, 1.165) is 5.56 Å². The van der Waals surface area contributed by atoms with Gasteiger partial charge in [-0.2, -0.15) is 0 Å². The van der Waals surface area contributed by atoms with E-state index in [-0.39, 0.29) is 11.3 Å². The highest BCUT2D eigenvalue weighted by Gasteiger charge is 2.18. The zero-order valence-electron chi connectivity index (χ0n) is 17.4. The molecule has 2 N–H and O–H groups in total. The van der Waals surface area contributed by atoms with Crippen molar-refractivity contribution in [1.82, 2.24) is 10.2 Å². The summed E-state index contributed by atoms with van der Waals surface area (Å²) in [5, 5.41) is 26.1. The minimum absolute atomic E-state index is 0.142. The van der Waals surface area contributed by atoms with Crippen LogP contribution in [0.1, 0.15) is 35.7 Å². The van der Waals surface area contributed by atoms with Gasteiger partial charge in [0.05, 0.1) is 17.1 Å². The van der Waals surface area contributed by atoms with E-state index in [0.29, 0.717) is 34.9 Å². The summed E-state index contributed by atoms with van der Waals surface area (Å²) in [7, 11) is 1.56. The molecule has 3 rings (SSSR count). The lowest BCUT2D eigenvalue weighted by molar-refractivity contribution is -0.384. The number of nitro benzene ring substituents is 1. The Balaban J connectivity index is 1.79. The molecule has 1 aromatic heterocycles. The van der Waals surface area contributed by atoms with Crippen LogP contribution in [0.3, 0.4) is 0 Å². The van der Waals surface area contributed by atoms with Gasteiger partial charge in [0, 0.05) is 37.0 Å². The molecule has 0 aliphatic heterocycles. The molecule has 0 aliphatic carbocycles. The summed E-state index contributed by atoms with van der Waals surface area (Å²) in [6.45, 7) is 5.12. The van der Waals surface area contributed by atoms with Gasteiger partial charge < -0.3 is 10.1 Å². The van der Waals surface area contributed by atoms with Crippen molar-refractivity contribution in [3.63, 3.8) is 0 Å². The molecular formula is C21H23N5O4S. The second-order valence-corrected chi connectivity index (χ2v) is 8.03. The molecule has 1 heterocycles.